The molecule has 0 aliphatic heterocycles. The van der Waals surface area contributed by atoms with Crippen LogP contribution in [0.3, 0.4) is 0 Å². The summed E-state index contributed by atoms with van der Waals surface area (Å²) in [4.78, 5) is 0. The highest BCUT2D eigenvalue weighted by Gasteiger charge is 1.91. The second-order valence-electron chi connectivity index (χ2n) is 1.77. The Morgan fingerprint density at radius 1 is 0.929 bits per heavy atom. The van der Waals surface area contributed by atoms with Crippen LogP contribution >= 0.6 is 0 Å². The fourth-order valence-corrected chi connectivity index (χ4v) is 0.684. The molecule has 0 atom stereocenters. The smallest absolute Gasteiger partial charge is 0.00172 e. The Bertz CT molecular complexity index is 163. The summed E-state index contributed by atoms with van der Waals surface area (Å²) >= 11 is 0. The van der Waals surface area contributed by atoms with E-state index in [2.05, 4.69) is 13.2 Å². The van der Waals surface area contributed by atoms with E-state index < -0.39 is 0 Å². The molecular weight excluding hydrogens is 170 g/mol. The molecular formula is C13H25N. The van der Waals surface area contributed by atoms with Gasteiger partial charge in [-0.3, -0.25) is 0 Å². The fraction of sp³-hybridized carbons (Fsp3) is 0.385. The van der Waals surface area contributed by atoms with E-state index in [1.165, 1.54) is 6.20 Å². The summed E-state index contributed by atoms with van der Waals surface area (Å²) in [5.74, 6) is 0. The molecule has 0 saturated heterocycles. The molecule has 2 N–H and O–H groups in total. The minimum Gasteiger partial charge on any atom is -0.404 e. The van der Waals surface area contributed by atoms with Gasteiger partial charge in [-0.05, 0) is 18.1 Å². The van der Waals surface area contributed by atoms with Crippen molar-refractivity contribution in [1.82, 2.24) is 0 Å². The van der Waals surface area contributed by atoms with E-state index in [1.807, 2.05) is 40.7 Å². The Morgan fingerprint density at radius 3 is 1.36 bits per heavy atom. The minimum absolute atomic E-state index is 0.914. The second-order valence-corrected chi connectivity index (χ2v) is 1.77. The van der Waals surface area contributed by atoms with Crippen molar-refractivity contribution in [3.05, 3.63) is 48.7 Å². The largest absolute Gasteiger partial charge is 0.404 e. The quantitative estimate of drug-likeness (QED) is 0.671. The van der Waals surface area contributed by atoms with E-state index in [4.69, 9.17) is 5.73 Å². The maximum absolute atomic E-state index is 5.31. The average Bonchev–Trinajstić information content (AvgIpc) is 2.31. The zero-order chi connectivity index (χ0) is 12.0. The predicted molar refractivity (Wildman–Crippen MR) is 69.1 cm³/mol. The van der Waals surface area contributed by atoms with Gasteiger partial charge in [-0.25, -0.2) is 0 Å². The van der Waals surface area contributed by atoms with Crippen molar-refractivity contribution in [3.8, 4) is 0 Å². The van der Waals surface area contributed by atoms with Gasteiger partial charge < -0.3 is 5.73 Å². The first-order valence-corrected chi connectivity index (χ1v) is 5.13. The molecule has 0 aliphatic carbocycles. The van der Waals surface area contributed by atoms with Gasteiger partial charge in [-0.15, -0.1) is 0 Å². The third kappa shape index (κ3) is 8.85. The van der Waals surface area contributed by atoms with Crippen LogP contribution in [0.15, 0.2) is 48.7 Å². The minimum atomic E-state index is 0.914. The van der Waals surface area contributed by atoms with Crippen molar-refractivity contribution in [2.45, 2.75) is 34.6 Å². The maximum Gasteiger partial charge on any atom is 0.00172 e. The summed E-state index contributed by atoms with van der Waals surface area (Å²) in [7, 11) is 0. The molecule has 0 unspecified atom stereocenters. The lowest BCUT2D eigenvalue weighted by Crippen LogP contribution is -1.87. The fourth-order valence-electron chi connectivity index (χ4n) is 0.684. The summed E-state index contributed by atoms with van der Waals surface area (Å²) in [6.07, 6.45) is 6.91. The second kappa shape index (κ2) is 17.7. The number of allylic oxidation sites excluding steroid dienone is 5. The first-order valence-electron chi connectivity index (χ1n) is 5.13. The summed E-state index contributed by atoms with van der Waals surface area (Å²) < 4.78 is 0. The number of rotatable bonds is 3. The Balaban J connectivity index is -0.000000266. The Morgan fingerprint density at radius 2 is 1.29 bits per heavy atom. The average molecular weight is 195 g/mol. The molecule has 82 valence electrons. The molecule has 0 aliphatic rings. The van der Waals surface area contributed by atoms with E-state index in [0.29, 0.717) is 0 Å². The third-order valence-corrected chi connectivity index (χ3v) is 1.26. The highest BCUT2D eigenvalue weighted by molar-refractivity contribution is 5.44. The molecule has 0 fully saturated rings. The van der Waals surface area contributed by atoms with Crippen LogP contribution in [-0.2, 0) is 0 Å². The van der Waals surface area contributed by atoms with Gasteiger partial charge in [0.05, 0.1) is 0 Å². The van der Waals surface area contributed by atoms with Gasteiger partial charge in [0.25, 0.3) is 0 Å². The highest BCUT2D eigenvalue weighted by Crippen LogP contribution is 2.09. The zero-order valence-electron chi connectivity index (χ0n) is 10.3. The van der Waals surface area contributed by atoms with Gasteiger partial charge in [0, 0.05) is 6.20 Å². The van der Waals surface area contributed by atoms with Crippen molar-refractivity contribution >= 4 is 0 Å². The number of hydrogen-bond donors (Lipinski definition) is 1. The van der Waals surface area contributed by atoms with E-state index in [0.717, 1.165) is 11.1 Å². The topological polar surface area (TPSA) is 26.0 Å². The monoisotopic (exact) mass is 195 g/mol. The molecule has 0 rings (SSSR count). The van der Waals surface area contributed by atoms with Crippen LogP contribution < -0.4 is 5.73 Å². The van der Waals surface area contributed by atoms with Gasteiger partial charge in [0.2, 0.25) is 0 Å². The normalized spacial score (nSPS) is 10.1. The highest BCUT2D eigenvalue weighted by atomic mass is 14.5. The molecule has 0 aromatic carbocycles. The predicted octanol–water partition coefficient (Wildman–Crippen LogP) is 4.20. The van der Waals surface area contributed by atoms with Gasteiger partial charge in [0.1, 0.15) is 0 Å². The van der Waals surface area contributed by atoms with Gasteiger partial charge >= 0.3 is 0 Å². The summed E-state index contributed by atoms with van der Waals surface area (Å²) in [6.45, 7) is 17.2. The molecule has 0 spiro atoms. The van der Waals surface area contributed by atoms with Crippen LogP contribution in [0.1, 0.15) is 34.6 Å². The zero-order valence-corrected chi connectivity index (χ0v) is 10.3. The van der Waals surface area contributed by atoms with Crippen molar-refractivity contribution in [2.24, 2.45) is 5.73 Å². The molecule has 0 bridgehead atoms. The van der Waals surface area contributed by atoms with Crippen molar-refractivity contribution < 1.29 is 0 Å². The standard InChI is InChI=1S/C9H13N.2C2H6/c1-4-8(5-2)9(6-3)7-10;2*1-2/h4-7H,1,3,10H2,2H3;2*1-2H3/b8-5-,9-7-;;. The summed E-state index contributed by atoms with van der Waals surface area (Å²) in [5.41, 5.74) is 7.24. The van der Waals surface area contributed by atoms with Gasteiger partial charge in [0.15, 0.2) is 0 Å². The van der Waals surface area contributed by atoms with E-state index in [9.17, 15) is 0 Å². The number of hydrogen-bond acceptors (Lipinski definition) is 1. The van der Waals surface area contributed by atoms with Crippen LogP contribution in [0, 0.1) is 0 Å². The molecule has 0 saturated carbocycles. The van der Waals surface area contributed by atoms with E-state index >= 15 is 0 Å². The SMILES string of the molecule is C=CC(=C/C)/C(C=C)=C\N.CC.CC. The van der Waals surface area contributed by atoms with Crippen LogP contribution in [0.5, 0.6) is 0 Å². The van der Waals surface area contributed by atoms with E-state index in [1.54, 1.807) is 12.2 Å². The summed E-state index contributed by atoms with van der Waals surface area (Å²) in [6, 6.07) is 0. The lowest BCUT2D eigenvalue weighted by atomic mass is 10.1. The van der Waals surface area contributed by atoms with Gasteiger partial charge in [-0.2, -0.15) is 0 Å². The lowest BCUT2D eigenvalue weighted by molar-refractivity contribution is 1.45. The number of nitrogens with two attached hydrogens (primary N) is 1. The molecule has 1 heteroatoms. The van der Waals surface area contributed by atoms with Crippen molar-refractivity contribution in [3.63, 3.8) is 0 Å². The van der Waals surface area contributed by atoms with Gasteiger partial charge in [-0.1, -0.05) is 59.1 Å². The van der Waals surface area contributed by atoms with Crippen LogP contribution in [0.4, 0.5) is 0 Å². The molecule has 1 nitrogen and oxygen atoms in total. The third-order valence-electron chi connectivity index (χ3n) is 1.26. The molecule has 14 heavy (non-hydrogen) atoms. The molecule has 0 radical (unpaired) electrons. The lowest BCUT2D eigenvalue weighted by Gasteiger charge is -1.98. The maximum atomic E-state index is 5.31. The van der Waals surface area contributed by atoms with Crippen molar-refractivity contribution in [1.29, 1.82) is 0 Å². The molecule has 0 aromatic rings. The Hall–Kier alpha value is -1.24. The van der Waals surface area contributed by atoms with E-state index in [-0.39, 0.29) is 0 Å². The Kier molecular flexibility index (Phi) is 23.5. The first kappa shape index (κ1) is 18.5. The molecule has 0 heterocycles. The van der Waals surface area contributed by atoms with Crippen LogP contribution in [0.2, 0.25) is 0 Å². The summed E-state index contributed by atoms with van der Waals surface area (Å²) in [5, 5.41) is 0. The molecule has 0 amide bonds. The van der Waals surface area contributed by atoms with Crippen LogP contribution in [-0.4, -0.2) is 0 Å². The van der Waals surface area contributed by atoms with Crippen molar-refractivity contribution in [2.75, 3.05) is 0 Å². The van der Waals surface area contributed by atoms with Crippen LogP contribution in [0.25, 0.3) is 0 Å². The molecule has 0 aromatic heterocycles. The Labute approximate surface area is 89.7 Å². The first-order chi connectivity index (χ1) is 6.79.